The Morgan fingerprint density at radius 2 is 1.50 bits per heavy atom. The fraction of sp³-hybridized carbons (Fsp3) is 0.468. The number of aromatic hydroxyl groups is 2. The van der Waals surface area contributed by atoms with Crippen LogP contribution in [0.25, 0.3) is 0 Å². The number of nitrogens with one attached hydrogen (secondary N) is 4. The van der Waals surface area contributed by atoms with Gasteiger partial charge in [0.25, 0.3) is 11.8 Å². The summed E-state index contributed by atoms with van der Waals surface area (Å²) in [6.45, 7) is 5.46. The van der Waals surface area contributed by atoms with Crippen LogP contribution in [0.4, 0.5) is 10.5 Å². The summed E-state index contributed by atoms with van der Waals surface area (Å²) >= 11 is 0. The van der Waals surface area contributed by atoms with Gasteiger partial charge in [0.2, 0.25) is 29.4 Å². The molecule has 28 nitrogen and oxygen atoms in total. The van der Waals surface area contributed by atoms with Crippen molar-refractivity contribution in [3.05, 3.63) is 93.6 Å². The van der Waals surface area contributed by atoms with E-state index in [1.54, 1.807) is 0 Å². The number of carboxylic acid groups (broad SMARTS) is 1. The van der Waals surface area contributed by atoms with E-state index >= 15 is 0 Å². The zero-order chi connectivity index (χ0) is 66.1. The van der Waals surface area contributed by atoms with Crippen LogP contribution >= 0.6 is 0 Å². The number of hydrogen-bond acceptors (Lipinski definition) is 21. The van der Waals surface area contributed by atoms with Crippen molar-refractivity contribution in [3.63, 3.8) is 0 Å². The van der Waals surface area contributed by atoms with E-state index in [4.69, 9.17) is 24.7 Å². The molecule has 0 spiro atoms. The third-order valence-electron chi connectivity index (χ3n) is 16.2. The standard InChI is InChI=1S/C62H72N6O22/c1-6-43(71)62(86)26-36-51(58(82)53-52(56(36)80)55(79)35-11-10-12-41(87-5)50(35)57(53)81)42(27-62)90-49-25-38(54(78)31(4)89-49)67-61(85)88-28-32-14-16-34(17-15-32)65-60(84)33(23-44(63)72)22-39(69)30(3)64-59(83)29(2)21-40(70)37(24-48(76)77)66-45(73)13-8-7-9-20-68-46(74)18-19-47(68)75/h10-12,14-19,29-31,33,37-38,42,49,54,78,80,82,86H,6-9,13,20-28H2,1-5H3,(H2,63,72)(H,64,83)(H,65,84)(H,66,73)(H,67,85)(H,76,77)/t29-,30+,31-,33+,37?,38-,42-,49-,54+,62-/m0/s1. The summed E-state index contributed by atoms with van der Waals surface area (Å²) in [6.07, 6.45) is -6.75. The Bertz CT molecular complexity index is 3400. The lowest BCUT2D eigenvalue weighted by Gasteiger charge is -2.42. The number of primary amides is 1. The molecule has 482 valence electrons. The number of alkyl carbamates (subject to hydrolysis) is 1. The molecule has 90 heavy (non-hydrogen) atoms. The maximum atomic E-state index is 14.1. The predicted molar refractivity (Wildman–Crippen MR) is 311 cm³/mol. The van der Waals surface area contributed by atoms with Gasteiger partial charge in [-0.15, -0.1) is 0 Å². The molecule has 1 fully saturated rings. The van der Waals surface area contributed by atoms with Gasteiger partial charge in [-0.1, -0.05) is 44.5 Å². The number of unbranched alkanes of at least 4 members (excludes halogenated alkanes) is 2. The third kappa shape index (κ3) is 16.0. The monoisotopic (exact) mass is 1250 g/mol. The number of carboxylic acids is 1. The molecule has 1 saturated heterocycles. The van der Waals surface area contributed by atoms with Crippen LogP contribution in [0.5, 0.6) is 17.2 Å². The Balaban J connectivity index is 0.902. The molecular weight excluding hydrogens is 1180 g/mol. The first-order chi connectivity index (χ1) is 42.5. The van der Waals surface area contributed by atoms with Crippen molar-refractivity contribution in [1.29, 1.82) is 0 Å². The number of carbonyl (C=O) groups excluding carboxylic acids is 12. The van der Waals surface area contributed by atoms with Gasteiger partial charge in [-0.25, -0.2) is 4.79 Å². The number of hydrogen-bond donors (Lipinski definition) is 10. The quantitative estimate of drug-likeness (QED) is 0.0212. The van der Waals surface area contributed by atoms with Crippen molar-refractivity contribution >= 4 is 82.1 Å². The SMILES string of the molecule is CCC(=O)[C@]1(O)Cc2c(O)c3c(c(O)c2[C@@H](O[C@H]2C[C@H](NC(=O)OCc4ccc(NC(=O)[C@@H](CC(N)=O)CC(=O)[C@@H](C)NC(=O)[C@@H](C)CC(=O)C(CC(=O)O)NC(=O)CCCCCN5C(=O)C=CC5=O)cc4)[C@H](O)[C@H](C)O2)C1)C(=O)c1c(OC)cccc1C3=O. The summed E-state index contributed by atoms with van der Waals surface area (Å²) in [7, 11) is 1.29. The van der Waals surface area contributed by atoms with E-state index in [2.05, 4.69) is 21.3 Å². The molecule has 0 bridgehead atoms. The van der Waals surface area contributed by atoms with E-state index in [-0.39, 0.29) is 66.1 Å². The molecule has 1 unspecified atom stereocenters. The van der Waals surface area contributed by atoms with E-state index in [9.17, 15) is 87.9 Å². The average molecular weight is 1250 g/mol. The average Bonchev–Trinajstić information content (AvgIpc) is 0.747. The zero-order valence-electron chi connectivity index (χ0n) is 50.0. The first-order valence-corrected chi connectivity index (χ1v) is 29.2. The number of carbonyl (C=O) groups is 13. The van der Waals surface area contributed by atoms with Crippen LogP contribution in [0, 0.1) is 11.8 Å². The number of nitrogens with two attached hydrogens (primary N) is 1. The van der Waals surface area contributed by atoms with Crippen molar-refractivity contribution in [1.82, 2.24) is 20.9 Å². The lowest BCUT2D eigenvalue weighted by atomic mass is 9.71. The van der Waals surface area contributed by atoms with Gasteiger partial charge >= 0.3 is 12.1 Å². The number of rotatable bonds is 29. The molecule has 0 radical (unpaired) electrons. The molecule has 7 rings (SSSR count). The van der Waals surface area contributed by atoms with E-state index in [0.29, 0.717) is 24.8 Å². The predicted octanol–water partition coefficient (Wildman–Crippen LogP) is 2.32. The van der Waals surface area contributed by atoms with Gasteiger partial charge in [0.1, 0.15) is 35.6 Å². The summed E-state index contributed by atoms with van der Waals surface area (Å²) in [5, 5.41) is 66.1. The zero-order valence-corrected chi connectivity index (χ0v) is 50.0. The van der Waals surface area contributed by atoms with Gasteiger partial charge in [0, 0.05) is 98.4 Å². The molecule has 2 aliphatic carbocycles. The highest BCUT2D eigenvalue weighted by atomic mass is 16.7. The second-order valence-corrected chi connectivity index (χ2v) is 22.7. The number of anilines is 1. The Hall–Kier alpha value is -9.25. The first kappa shape index (κ1) is 68.2. The molecule has 0 saturated carbocycles. The summed E-state index contributed by atoms with van der Waals surface area (Å²) < 4.78 is 23.1. The topological polar surface area (TPSA) is 437 Å². The molecule has 3 aromatic carbocycles. The van der Waals surface area contributed by atoms with Gasteiger partial charge in [-0.3, -0.25) is 62.4 Å². The number of nitrogens with zero attached hydrogens (tertiary/aromatic N) is 1. The van der Waals surface area contributed by atoms with Crippen LogP contribution in [-0.4, -0.2) is 163 Å². The number of ether oxygens (including phenoxy) is 4. The van der Waals surface area contributed by atoms with Gasteiger partial charge in [-0.2, -0.15) is 0 Å². The van der Waals surface area contributed by atoms with E-state index in [1.165, 1.54) is 77.3 Å². The smallest absolute Gasteiger partial charge is 0.407 e. The lowest BCUT2D eigenvalue weighted by molar-refractivity contribution is -0.249. The number of amides is 7. The van der Waals surface area contributed by atoms with Crippen LogP contribution in [0.2, 0.25) is 0 Å². The van der Waals surface area contributed by atoms with Crippen LogP contribution in [0.3, 0.4) is 0 Å². The normalized spacial score (nSPS) is 21.3. The fourth-order valence-corrected chi connectivity index (χ4v) is 11.3. The molecule has 28 heteroatoms. The molecule has 4 aliphatic rings. The number of methoxy groups -OCH3 is 1. The summed E-state index contributed by atoms with van der Waals surface area (Å²) in [5.74, 6) is -13.1. The number of aliphatic hydroxyl groups excluding tert-OH is 1. The largest absolute Gasteiger partial charge is 0.507 e. The Morgan fingerprint density at radius 1 is 0.822 bits per heavy atom. The van der Waals surface area contributed by atoms with Crippen molar-refractivity contribution in [2.24, 2.45) is 17.6 Å². The molecule has 10 atom stereocenters. The highest BCUT2D eigenvalue weighted by Gasteiger charge is 2.50. The Labute approximate surface area is 515 Å². The van der Waals surface area contributed by atoms with Crippen LogP contribution in [0.15, 0.2) is 54.6 Å². The molecule has 7 amide bonds. The summed E-state index contributed by atoms with van der Waals surface area (Å²) in [5.41, 5.74) is 2.07. The lowest BCUT2D eigenvalue weighted by Crippen LogP contribution is -2.55. The number of phenolic OH excluding ortho intramolecular Hbond substituents is 2. The minimum absolute atomic E-state index is 0.0306. The molecule has 3 aromatic rings. The summed E-state index contributed by atoms with van der Waals surface area (Å²) in [6, 6.07) is 6.26. The summed E-state index contributed by atoms with van der Waals surface area (Å²) in [4.78, 5) is 169. The van der Waals surface area contributed by atoms with Crippen LogP contribution in [0.1, 0.15) is 153 Å². The number of aliphatic hydroxyl groups is 2. The maximum Gasteiger partial charge on any atom is 0.407 e. The molecular formula is C62H72N6O22. The second kappa shape index (κ2) is 29.4. The third-order valence-corrected chi connectivity index (χ3v) is 16.2. The van der Waals surface area contributed by atoms with Crippen LogP contribution in [-0.2, 0) is 75.2 Å². The highest BCUT2D eigenvalue weighted by Crippen LogP contribution is 2.53. The van der Waals surface area contributed by atoms with Gasteiger partial charge in [0.05, 0.1) is 66.5 Å². The molecule has 11 N–H and O–H groups in total. The Kier molecular flexibility index (Phi) is 22.3. The fourth-order valence-electron chi connectivity index (χ4n) is 11.3. The molecule has 2 aliphatic heterocycles. The number of fused-ring (bicyclic) bond motifs is 3. The van der Waals surface area contributed by atoms with Crippen molar-refractivity contribution < 1.29 is 107 Å². The number of phenols is 2. The van der Waals surface area contributed by atoms with E-state index in [0.717, 1.165) is 17.1 Å². The molecule has 0 aromatic heterocycles. The molecule has 2 heterocycles. The van der Waals surface area contributed by atoms with Gasteiger partial charge < -0.3 is 71.5 Å². The van der Waals surface area contributed by atoms with E-state index < -0.39 is 198 Å². The number of ketones is 5. The van der Waals surface area contributed by atoms with Gasteiger partial charge in [-0.05, 0) is 50.5 Å². The van der Waals surface area contributed by atoms with Crippen molar-refractivity contribution in [2.75, 3.05) is 19.0 Å². The minimum atomic E-state index is -2.19. The number of Topliss-reactive ketones (excluding diaryl/α,β-unsaturated/α-hetero) is 3. The Morgan fingerprint density at radius 3 is 2.14 bits per heavy atom. The number of aliphatic carboxylic acids is 1. The maximum absolute atomic E-state index is 14.1. The first-order valence-electron chi connectivity index (χ1n) is 29.2. The second-order valence-electron chi connectivity index (χ2n) is 22.7. The number of benzene rings is 3. The van der Waals surface area contributed by atoms with Gasteiger partial charge in [0.15, 0.2) is 29.4 Å². The van der Waals surface area contributed by atoms with E-state index in [1.807, 2.05) is 0 Å². The van der Waals surface area contributed by atoms with Crippen molar-refractivity contribution in [2.45, 2.75) is 160 Å². The minimum Gasteiger partial charge on any atom is -0.507 e. The number of imide groups is 1. The highest BCUT2D eigenvalue weighted by molar-refractivity contribution is 6.31. The van der Waals surface area contributed by atoms with Crippen molar-refractivity contribution in [3.8, 4) is 17.2 Å². The van der Waals surface area contributed by atoms with Crippen LogP contribution < -0.4 is 31.7 Å².